The zero-order chi connectivity index (χ0) is 20.6. The number of carbonyl (C=O) groups is 1. The highest BCUT2D eigenvalue weighted by Crippen LogP contribution is 2.29. The maximum Gasteiger partial charge on any atom is 0.243 e. The van der Waals surface area contributed by atoms with Crippen LogP contribution in [0.1, 0.15) is 20.3 Å². The zero-order valence-electron chi connectivity index (χ0n) is 16.9. The van der Waals surface area contributed by atoms with E-state index >= 15 is 0 Å². The van der Waals surface area contributed by atoms with Crippen molar-refractivity contribution in [3.8, 4) is 17.3 Å². The van der Waals surface area contributed by atoms with Crippen LogP contribution in [0.25, 0.3) is 11.3 Å². The van der Waals surface area contributed by atoms with E-state index in [1.54, 1.807) is 0 Å². The fraction of sp³-hybridized carbons (Fsp3) is 0.476. The Hall–Kier alpha value is -3.05. The lowest BCUT2D eigenvalue weighted by molar-refractivity contribution is -0.121. The van der Waals surface area contributed by atoms with E-state index in [9.17, 15) is 4.79 Å². The molecule has 1 fully saturated rings. The van der Waals surface area contributed by atoms with E-state index in [-0.39, 0.29) is 12.5 Å². The molecule has 0 bridgehead atoms. The van der Waals surface area contributed by atoms with Crippen molar-refractivity contribution in [1.29, 1.82) is 5.26 Å². The first-order valence-electron chi connectivity index (χ1n) is 10.00. The van der Waals surface area contributed by atoms with Gasteiger partial charge < -0.3 is 25.4 Å². The predicted molar refractivity (Wildman–Crippen MR) is 113 cm³/mol. The lowest BCUT2D eigenvalue weighted by Crippen LogP contribution is -2.43. The number of benzene rings is 1. The second-order valence-electron chi connectivity index (χ2n) is 7.56. The summed E-state index contributed by atoms with van der Waals surface area (Å²) < 4.78 is 5.20. The lowest BCUT2D eigenvalue weighted by Gasteiger charge is -2.29. The quantitative estimate of drug-likeness (QED) is 0.588. The first-order valence-corrected chi connectivity index (χ1v) is 10.00. The highest BCUT2D eigenvalue weighted by molar-refractivity contribution is 5.86. The topological polar surface area (TPSA) is 106 Å². The van der Waals surface area contributed by atoms with Crippen LogP contribution in [0, 0.1) is 17.2 Å². The number of hydrogen-bond acceptors (Lipinski definition) is 7. The summed E-state index contributed by atoms with van der Waals surface area (Å²) in [6, 6.07) is 9.68. The average Bonchev–Trinajstić information content (AvgIpc) is 3.20. The van der Waals surface area contributed by atoms with Crippen LogP contribution >= 0.6 is 0 Å². The van der Waals surface area contributed by atoms with E-state index in [0.29, 0.717) is 23.7 Å². The van der Waals surface area contributed by atoms with Gasteiger partial charge in [-0.2, -0.15) is 5.26 Å². The van der Waals surface area contributed by atoms with Crippen LogP contribution < -0.4 is 20.9 Å². The van der Waals surface area contributed by atoms with Crippen LogP contribution in [-0.4, -0.2) is 49.8 Å². The number of hydrogen-bond donors (Lipinski definition) is 3. The fourth-order valence-electron chi connectivity index (χ4n) is 3.44. The van der Waals surface area contributed by atoms with E-state index in [2.05, 4.69) is 52.0 Å². The zero-order valence-corrected chi connectivity index (χ0v) is 16.9. The standard InChI is InChI=1S/C21H28N6O2/c1-15(2)13-18(21(28)24-8-7-22)25-19-14-29-26-20(19)16-3-5-17(6-4-16)27-11-9-23-10-12-27/h3-6,14-15,18,23,25H,8-13H2,1-2H3,(H,24,28). The molecule has 1 aliphatic rings. The second kappa shape index (κ2) is 9.94. The molecule has 29 heavy (non-hydrogen) atoms. The summed E-state index contributed by atoms with van der Waals surface area (Å²) in [6.07, 6.45) is 2.15. The molecule has 1 aromatic carbocycles. The van der Waals surface area contributed by atoms with Gasteiger partial charge in [0.1, 0.15) is 30.2 Å². The Labute approximate surface area is 171 Å². The summed E-state index contributed by atoms with van der Waals surface area (Å²) in [4.78, 5) is 14.8. The summed E-state index contributed by atoms with van der Waals surface area (Å²) in [5.74, 6) is 0.100. The number of piperazine rings is 1. The molecule has 1 atom stereocenters. The van der Waals surface area contributed by atoms with Gasteiger partial charge in [0.15, 0.2) is 0 Å². The predicted octanol–water partition coefficient (Wildman–Crippen LogP) is 2.22. The molecule has 2 aromatic rings. The van der Waals surface area contributed by atoms with Crippen LogP contribution in [-0.2, 0) is 4.79 Å². The van der Waals surface area contributed by atoms with Crippen molar-refractivity contribution in [3.63, 3.8) is 0 Å². The van der Waals surface area contributed by atoms with Crippen LogP contribution in [0.5, 0.6) is 0 Å². The van der Waals surface area contributed by atoms with Gasteiger partial charge in [0.2, 0.25) is 5.91 Å². The largest absolute Gasteiger partial charge is 0.369 e. The Morgan fingerprint density at radius 3 is 2.69 bits per heavy atom. The number of nitrogens with zero attached hydrogens (tertiary/aromatic N) is 3. The van der Waals surface area contributed by atoms with E-state index in [4.69, 9.17) is 9.78 Å². The van der Waals surface area contributed by atoms with E-state index in [1.165, 1.54) is 12.0 Å². The van der Waals surface area contributed by atoms with E-state index < -0.39 is 6.04 Å². The van der Waals surface area contributed by atoms with Crippen LogP contribution in [0.4, 0.5) is 11.4 Å². The fourth-order valence-corrected chi connectivity index (χ4v) is 3.44. The molecule has 1 unspecified atom stereocenters. The number of rotatable bonds is 8. The van der Waals surface area contributed by atoms with Crippen molar-refractivity contribution in [1.82, 2.24) is 15.8 Å². The molecule has 0 spiro atoms. The van der Waals surface area contributed by atoms with Crippen LogP contribution in [0.2, 0.25) is 0 Å². The number of carbonyl (C=O) groups excluding carboxylic acids is 1. The van der Waals surface area contributed by atoms with Gasteiger partial charge in [0.25, 0.3) is 0 Å². The molecule has 3 rings (SSSR count). The van der Waals surface area contributed by atoms with Gasteiger partial charge in [-0.15, -0.1) is 0 Å². The maximum atomic E-state index is 12.4. The SMILES string of the molecule is CC(C)CC(Nc1conc1-c1ccc(N2CCNCC2)cc1)C(=O)NCC#N. The molecule has 154 valence electrons. The molecule has 1 saturated heterocycles. The highest BCUT2D eigenvalue weighted by atomic mass is 16.5. The molecule has 8 heteroatoms. The van der Waals surface area contributed by atoms with Crippen molar-refractivity contribution in [3.05, 3.63) is 30.5 Å². The Morgan fingerprint density at radius 2 is 2.03 bits per heavy atom. The van der Waals surface area contributed by atoms with Gasteiger partial charge in [0.05, 0.1) is 6.07 Å². The van der Waals surface area contributed by atoms with Crippen LogP contribution in [0.3, 0.4) is 0 Å². The van der Waals surface area contributed by atoms with Crippen molar-refractivity contribution in [2.75, 3.05) is 42.9 Å². The summed E-state index contributed by atoms with van der Waals surface area (Å²) in [6.45, 7) is 8.05. The molecular weight excluding hydrogens is 368 g/mol. The normalized spacial score (nSPS) is 15.0. The molecule has 0 radical (unpaired) electrons. The van der Waals surface area contributed by atoms with E-state index in [1.807, 2.05) is 18.2 Å². The Bertz CT molecular complexity index is 834. The van der Waals surface area contributed by atoms with Gasteiger partial charge >= 0.3 is 0 Å². The van der Waals surface area contributed by atoms with Crippen molar-refractivity contribution < 1.29 is 9.32 Å². The molecule has 0 saturated carbocycles. The minimum atomic E-state index is -0.471. The third-order valence-electron chi connectivity index (χ3n) is 4.89. The molecule has 3 N–H and O–H groups in total. The molecule has 1 aliphatic heterocycles. The molecular formula is C21H28N6O2. The highest BCUT2D eigenvalue weighted by Gasteiger charge is 2.22. The lowest BCUT2D eigenvalue weighted by atomic mass is 10.0. The van der Waals surface area contributed by atoms with Crippen molar-refractivity contribution >= 4 is 17.3 Å². The molecule has 8 nitrogen and oxygen atoms in total. The third kappa shape index (κ3) is 5.48. The summed E-state index contributed by atoms with van der Waals surface area (Å²) in [5, 5.41) is 22.1. The summed E-state index contributed by atoms with van der Waals surface area (Å²) in [7, 11) is 0. The minimum Gasteiger partial charge on any atom is -0.369 e. The Balaban J connectivity index is 1.75. The number of aromatic nitrogens is 1. The molecule has 1 amide bonds. The van der Waals surface area contributed by atoms with E-state index in [0.717, 1.165) is 31.7 Å². The first kappa shape index (κ1) is 20.7. The number of amides is 1. The smallest absolute Gasteiger partial charge is 0.243 e. The van der Waals surface area contributed by atoms with Crippen LogP contribution in [0.15, 0.2) is 35.1 Å². The first-order chi connectivity index (χ1) is 14.1. The molecule has 0 aliphatic carbocycles. The summed E-state index contributed by atoms with van der Waals surface area (Å²) in [5.41, 5.74) is 3.43. The average molecular weight is 396 g/mol. The number of anilines is 2. The Morgan fingerprint density at radius 1 is 1.31 bits per heavy atom. The van der Waals surface area contributed by atoms with Gasteiger partial charge in [-0.25, -0.2) is 0 Å². The van der Waals surface area contributed by atoms with Gasteiger partial charge in [-0.3, -0.25) is 4.79 Å². The van der Waals surface area contributed by atoms with Gasteiger partial charge in [-0.05, 0) is 24.5 Å². The maximum absolute atomic E-state index is 12.4. The monoisotopic (exact) mass is 396 g/mol. The minimum absolute atomic E-state index is 0.0148. The molecule has 1 aromatic heterocycles. The van der Waals surface area contributed by atoms with Crippen molar-refractivity contribution in [2.45, 2.75) is 26.3 Å². The van der Waals surface area contributed by atoms with Gasteiger partial charge in [-0.1, -0.05) is 31.1 Å². The number of nitrogens with one attached hydrogen (secondary N) is 3. The Kier molecular flexibility index (Phi) is 7.09. The third-order valence-corrected chi connectivity index (χ3v) is 4.89. The van der Waals surface area contributed by atoms with Crippen molar-refractivity contribution in [2.24, 2.45) is 5.92 Å². The second-order valence-corrected chi connectivity index (χ2v) is 7.56. The number of nitriles is 1. The molecule has 2 heterocycles. The van der Waals surface area contributed by atoms with Gasteiger partial charge in [0, 0.05) is 37.4 Å². The summed E-state index contributed by atoms with van der Waals surface area (Å²) >= 11 is 0.